The molecule has 0 amide bonds. The Kier molecular flexibility index (Phi) is 5.00. The predicted octanol–water partition coefficient (Wildman–Crippen LogP) is 1.21. The van der Waals surface area contributed by atoms with Crippen LogP contribution in [0, 0.1) is 0 Å². The Morgan fingerprint density at radius 2 is 1.94 bits per heavy atom. The van der Waals surface area contributed by atoms with Crippen molar-refractivity contribution >= 4 is 5.96 Å². The second-order valence-corrected chi connectivity index (χ2v) is 5.42. The maximum atomic E-state index is 4.26. The van der Waals surface area contributed by atoms with Gasteiger partial charge in [-0.2, -0.15) is 0 Å². The lowest BCUT2D eigenvalue weighted by molar-refractivity contribution is 0.197. The van der Waals surface area contributed by atoms with Gasteiger partial charge in [-0.3, -0.25) is 4.99 Å². The molecule has 0 radical (unpaired) electrons. The van der Waals surface area contributed by atoms with Gasteiger partial charge in [0.15, 0.2) is 5.96 Å². The molecule has 98 valence electrons. The molecular weight excluding hydrogens is 212 g/mol. The van der Waals surface area contributed by atoms with E-state index in [0.717, 1.165) is 25.3 Å². The Hall–Kier alpha value is -1.03. The fraction of sp³-hybridized carbons (Fsp3) is 0.769. The molecule has 0 atom stereocenters. The first-order valence-electron chi connectivity index (χ1n) is 6.25. The molecule has 0 saturated heterocycles. The van der Waals surface area contributed by atoms with Gasteiger partial charge >= 0.3 is 0 Å². The van der Waals surface area contributed by atoms with E-state index in [0.29, 0.717) is 6.04 Å². The summed E-state index contributed by atoms with van der Waals surface area (Å²) >= 11 is 0. The van der Waals surface area contributed by atoms with E-state index in [4.69, 9.17) is 0 Å². The van der Waals surface area contributed by atoms with Crippen LogP contribution in [0.3, 0.4) is 0 Å². The average molecular weight is 238 g/mol. The number of guanidine groups is 1. The Bertz CT molecular complexity index is 284. The summed E-state index contributed by atoms with van der Waals surface area (Å²) in [5, 5.41) is 6.82. The predicted molar refractivity (Wildman–Crippen MR) is 74.4 cm³/mol. The third-order valence-electron chi connectivity index (χ3n) is 3.47. The molecule has 0 heterocycles. The average Bonchev–Trinajstić information content (AvgIpc) is 2.76. The first kappa shape index (κ1) is 14.0. The summed E-state index contributed by atoms with van der Waals surface area (Å²) in [5.41, 5.74) is 0.117. The number of rotatable bonds is 4. The molecule has 0 aromatic heterocycles. The van der Waals surface area contributed by atoms with E-state index in [1.807, 2.05) is 7.05 Å². The van der Waals surface area contributed by atoms with Crippen LogP contribution in [0.2, 0.25) is 0 Å². The Balaban J connectivity index is 2.37. The number of nitrogens with zero attached hydrogens (tertiary/aromatic N) is 2. The molecule has 2 N–H and O–H groups in total. The molecule has 0 spiro atoms. The highest BCUT2D eigenvalue weighted by Gasteiger charge is 2.21. The molecule has 1 aliphatic carbocycles. The topological polar surface area (TPSA) is 39.7 Å². The van der Waals surface area contributed by atoms with Gasteiger partial charge in [0.1, 0.15) is 0 Å². The summed E-state index contributed by atoms with van der Waals surface area (Å²) in [6.07, 6.45) is 6.62. The number of likely N-dealkylation sites (N-methyl/N-ethyl adjacent to an activating group) is 1. The minimum absolute atomic E-state index is 0.117. The summed E-state index contributed by atoms with van der Waals surface area (Å²) in [6.45, 7) is 5.30. The second-order valence-electron chi connectivity index (χ2n) is 5.42. The monoisotopic (exact) mass is 238 g/mol. The molecule has 0 aliphatic heterocycles. The highest BCUT2D eigenvalue weighted by Crippen LogP contribution is 2.10. The minimum atomic E-state index is 0.117. The molecule has 0 aromatic rings. The van der Waals surface area contributed by atoms with Crippen molar-refractivity contribution < 1.29 is 0 Å². The zero-order chi connectivity index (χ0) is 12.9. The van der Waals surface area contributed by atoms with Crippen LogP contribution in [0.4, 0.5) is 0 Å². The second kappa shape index (κ2) is 6.05. The molecule has 1 rings (SSSR count). The van der Waals surface area contributed by atoms with E-state index in [1.165, 1.54) is 0 Å². The van der Waals surface area contributed by atoms with E-state index >= 15 is 0 Å². The molecule has 0 saturated carbocycles. The van der Waals surface area contributed by atoms with Gasteiger partial charge in [0.05, 0.1) is 0 Å². The normalized spacial score (nSPS) is 17.9. The van der Waals surface area contributed by atoms with Crippen molar-refractivity contribution in [3.8, 4) is 0 Å². The van der Waals surface area contributed by atoms with Crippen LogP contribution in [-0.4, -0.2) is 50.1 Å². The van der Waals surface area contributed by atoms with E-state index in [-0.39, 0.29) is 5.54 Å². The van der Waals surface area contributed by atoms with Crippen LogP contribution in [-0.2, 0) is 0 Å². The molecule has 4 nitrogen and oxygen atoms in total. The molecule has 4 heteroatoms. The summed E-state index contributed by atoms with van der Waals surface area (Å²) in [6, 6.07) is 0.503. The molecular formula is C13H26N4. The van der Waals surface area contributed by atoms with Gasteiger partial charge in [-0.05, 0) is 40.8 Å². The standard InChI is InChI=1S/C13H26N4/c1-13(2,17(4)5)10-15-12(14-3)16-11-8-6-7-9-11/h6-7,11H,8-10H2,1-5H3,(H2,14,15,16). The van der Waals surface area contributed by atoms with Gasteiger partial charge in [-0.25, -0.2) is 0 Å². The highest BCUT2D eigenvalue weighted by molar-refractivity contribution is 5.80. The fourth-order valence-corrected chi connectivity index (χ4v) is 1.58. The number of nitrogens with one attached hydrogen (secondary N) is 2. The fourth-order valence-electron chi connectivity index (χ4n) is 1.58. The zero-order valence-corrected chi connectivity index (χ0v) is 11.7. The summed E-state index contributed by atoms with van der Waals surface area (Å²) in [7, 11) is 6.01. The first-order chi connectivity index (χ1) is 7.95. The summed E-state index contributed by atoms with van der Waals surface area (Å²) in [5.74, 6) is 0.897. The lowest BCUT2D eigenvalue weighted by atomic mass is 10.0. The molecule has 0 fully saturated rings. The largest absolute Gasteiger partial charge is 0.355 e. The van der Waals surface area contributed by atoms with Crippen LogP contribution in [0.1, 0.15) is 26.7 Å². The van der Waals surface area contributed by atoms with Gasteiger partial charge in [-0.15, -0.1) is 0 Å². The maximum Gasteiger partial charge on any atom is 0.191 e. The van der Waals surface area contributed by atoms with Gasteiger partial charge in [0, 0.05) is 25.2 Å². The quantitative estimate of drug-likeness (QED) is 0.439. The van der Waals surface area contributed by atoms with Crippen LogP contribution in [0.15, 0.2) is 17.1 Å². The van der Waals surface area contributed by atoms with Gasteiger partial charge < -0.3 is 15.5 Å². The molecule has 0 aromatic carbocycles. The highest BCUT2D eigenvalue weighted by atomic mass is 15.2. The smallest absolute Gasteiger partial charge is 0.191 e. The summed E-state index contributed by atoms with van der Waals surface area (Å²) < 4.78 is 0. The lowest BCUT2D eigenvalue weighted by Gasteiger charge is -2.33. The van der Waals surface area contributed by atoms with E-state index in [2.05, 4.69) is 60.6 Å². The van der Waals surface area contributed by atoms with E-state index in [1.54, 1.807) is 0 Å². The van der Waals surface area contributed by atoms with E-state index < -0.39 is 0 Å². The number of hydrogen-bond acceptors (Lipinski definition) is 2. The van der Waals surface area contributed by atoms with Gasteiger partial charge in [0.2, 0.25) is 0 Å². The summed E-state index contributed by atoms with van der Waals surface area (Å²) in [4.78, 5) is 6.47. The van der Waals surface area contributed by atoms with E-state index in [9.17, 15) is 0 Å². The Labute approximate surface area is 105 Å². The minimum Gasteiger partial charge on any atom is -0.355 e. The Morgan fingerprint density at radius 1 is 1.35 bits per heavy atom. The number of hydrogen-bond donors (Lipinski definition) is 2. The molecule has 1 aliphatic rings. The van der Waals surface area contributed by atoms with Crippen molar-refractivity contribution in [1.29, 1.82) is 0 Å². The van der Waals surface area contributed by atoms with Crippen LogP contribution in [0.5, 0.6) is 0 Å². The Morgan fingerprint density at radius 3 is 2.41 bits per heavy atom. The van der Waals surface area contributed by atoms with Crippen molar-refractivity contribution in [2.24, 2.45) is 4.99 Å². The zero-order valence-electron chi connectivity index (χ0n) is 11.7. The van der Waals surface area contributed by atoms with Gasteiger partial charge in [0.25, 0.3) is 0 Å². The SMILES string of the molecule is CN=C(NCC(C)(C)N(C)C)NC1CC=CC1. The van der Waals surface area contributed by atoms with Crippen LogP contribution in [0.25, 0.3) is 0 Å². The van der Waals surface area contributed by atoms with Crippen molar-refractivity contribution in [1.82, 2.24) is 15.5 Å². The maximum absolute atomic E-state index is 4.26. The van der Waals surface area contributed by atoms with Crippen molar-refractivity contribution in [2.75, 3.05) is 27.7 Å². The number of aliphatic imine (C=N–C) groups is 1. The lowest BCUT2D eigenvalue weighted by Crippen LogP contribution is -2.52. The molecule has 17 heavy (non-hydrogen) atoms. The van der Waals surface area contributed by atoms with Gasteiger partial charge in [-0.1, -0.05) is 12.2 Å². The molecule has 0 bridgehead atoms. The first-order valence-corrected chi connectivity index (χ1v) is 6.25. The van der Waals surface area contributed by atoms with Crippen molar-refractivity contribution in [3.63, 3.8) is 0 Å². The van der Waals surface area contributed by atoms with Crippen LogP contribution < -0.4 is 10.6 Å². The molecule has 0 unspecified atom stereocenters. The third kappa shape index (κ3) is 4.38. The van der Waals surface area contributed by atoms with Crippen LogP contribution >= 0.6 is 0 Å². The third-order valence-corrected chi connectivity index (χ3v) is 3.47. The van der Waals surface area contributed by atoms with Crippen molar-refractivity contribution in [2.45, 2.75) is 38.3 Å². The van der Waals surface area contributed by atoms with Crippen molar-refractivity contribution in [3.05, 3.63) is 12.2 Å².